The molecule has 5 nitrogen and oxygen atoms in total. The zero-order valence-electron chi connectivity index (χ0n) is 14.6. The fraction of sp³-hybridized carbons (Fsp3) is 0.500. The van der Waals surface area contributed by atoms with Crippen LogP contribution in [-0.2, 0) is 17.7 Å². The van der Waals surface area contributed by atoms with Gasteiger partial charge in [0.05, 0.1) is 12.1 Å². The molecule has 1 aromatic carbocycles. The first-order valence-corrected chi connectivity index (χ1v) is 9.20. The second-order valence-corrected chi connectivity index (χ2v) is 7.12. The van der Waals surface area contributed by atoms with Crippen LogP contribution in [0.5, 0.6) is 0 Å². The Kier molecular flexibility index (Phi) is 4.57. The summed E-state index contributed by atoms with van der Waals surface area (Å²) in [5.41, 5.74) is 3.07. The predicted octanol–water partition coefficient (Wildman–Crippen LogP) is 2.91. The Hall–Kier alpha value is -2.14. The summed E-state index contributed by atoms with van der Waals surface area (Å²) in [5.74, 6) is 0.419. The molecule has 1 aliphatic heterocycles. The number of amides is 1. The minimum Gasteiger partial charge on any atom is -0.379 e. The zero-order valence-corrected chi connectivity index (χ0v) is 14.6. The smallest absolute Gasteiger partial charge is 0.272 e. The summed E-state index contributed by atoms with van der Waals surface area (Å²) in [6, 6.07) is 12.6. The average Bonchev–Trinajstić information content (AvgIpc) is 3.25. The molecule has 1 N–H and O–H groups in total. The maximum Gasteiger partial charge on any atom is 0.272 e. The van der Waals surface area contributed by atoms with Gasteiger partial charge in [0.25, 0.3) is 5.91 Å². The van der Waals surface area contributed by atoms with Crippen LogP contribution in [0.25, 0.3) is 0 Å². The number of carbonyl (C=O) groups excluding carboxylic acids is 1. The fourth-order valence-corrected chi connectivity index (χ4v) is 4.20. The van der Waals surface area contributed by atoms with Gasteiger partial charge in [0.1, 0.15) is 5.69 Å². The van der Waals surface area contributed by atoms with Gasteiger partial charge in [0.15, 0.2) is 0 Å². The Morgan fingerprint density at radius 2 is 2.12 bits per heavy atom. The number of hydrogen-bond donors (Lipinski definition) is 1. The molecule has 4 rings (SSSR count). The van der Waals surface area contributed by atoms with Gasteiger partial charge in [-0.1, -0.05) is 30.3 Å². The summed E-state index contributed by atoms with van der Waals surface area (Å²) in [7, 11) is 1.74. The van der Waals surface area contributed by atoms with Gasteiger partial charge in [-0.3, -0.25) is 9.48 Å². The van der Waals surface area contributed by atoms with Crippen molar-refractivity contribution in [1.29, 1.82) is 0 Å². The van der Waals surface area contributed by atoms with Crippen LogP contribution in [0.2, 0.25) is 0 Å². The molecule has 132 valence electrons. The van der Waals surface area contributed by atoms with Gasteiger partial charge < -0.3 is 10.1 Å². The lowest BCUT2D eigenvalue weighted by Gasteiger charge is -2.35. The van der Waals surface area contributed by atoms with Crippen molar-refractivity contribution in [3.05, 3.63) is 53.3 Å². The number of aromatic nitrogens is 2. The first-order valence-electron chi connectivity index (χ1n) is 9.20. The quantitative estimate of drug-likeness (QED) is 0.932. The second kappa shape index (κ2) is 7.00. The molecule has 2 aliphatic rings. The third-order valence-corrected chi connectivity index (χ3v) is 5.58. The van der Waals surface area contributed by atoms with E-state index in [0.29, 0.717) is 11.6 Å². The van der Waals surface area contributed by atoms with Gasteiger partial charge in [-0.2, -0.15) is 5.10 Å². The molecule has 0 radical (unpaired) electrons. The molecule has 0 saturated heterocycles. The molecular formula is C20H25N3O2. The highest BCUT2D eigenvalue weighted by atomic mass is 16.5. The van der Waals surface area contributed by atoms with Crippen LogP contribution in [0, 0.1) is 0 Å². The van der Waals surface area contributed by atoms with Crippen molar-refractivity contribution in [3.8, 4) is 0 Å². The van der Waals surface area contributed by atoms with Crippen LogP contribution >= 0.6 is 0 Å². The van der Waals surface area contributed by atoms with E-state index in [1.807, 2.05) is 16.8 Å². The number of ether oxygens (including phenoxy) is 1. The van der Waals surface area contributed by atoms with Crippen molar-refractivity contribution in [1.82, 2.24) is 15.1 Å². The number of aryl methyl sites for hydroxylation is 2. The maximum absolute atomic E-state index is 12.6. The van der Waals surface area contributed by atoms with E-state index >= 15 is 0 Å². The second-order valence-electron chi connectivity index (χ2n) is 7.12. The van der Waals surface area contributed by atoms with Crippen LogP contribution < -0.4 is 5.32 Å². The van der Waals surface area contributed by atoms with E-state index in [1.54, 1.807) is 7.11 Å². The van der Waals surface area contributed by atoms with E-state index in [9.17, 15) is 4.79 Å². The van der Waals surface area contributed by atoms with E-state index in [4.69, 9.17) is 4.74 Å². The summed E-state index contributed by atoms with van der Waals surface area (Å²) in [4.78, 5) is 12.6. The van der Waals surface area contributed by atoms with Crippen molar-refractivity contribution in [2.45, 2.75) is 56.7 Å². The molecule has 2 aromatic rings. The van der Waals surface area contributed by atoms with E-state index in [1.165, 1.54) is 11.3 Å². The lowest BCUT2D eigenvalue weighted by molar-refractivity contribution is 0.0329. The van der Waals surface area contributed by atoms with Crippen LogP contribution in [0.4, 0.5) is 0 Å². The van der Waals surface area contributed by atoms with Gasteiger partial charge >= 0.3 is 0 Å². The summed E-state index contributed by atoms with van der Waals surface area (Å²) in [5, 5.41) is 7.59. The molecule has 0 unspecified atom stereocenters. The Morgan fingerprint density at radius 3 is 2.88 bits per heavy atom. The molecule has 0 bridgehead atoms. The number of nitrogens with one attached hydrogen (secondary N) is 1. The standard InChI is InChI=1S/C20H25N3O2/c1-25-19-12-15(14-6-3-2-4-7-14)9-10-17(19)21-20(24)18-13-16-8-5-11-23(16)22-18/h2-4,6-7,13,15,17,19H,5,8-12H2,1H3,(H,21,24)/t15-,17-,19+/m0/s1. The topological polar surface area (TPSA) is 56.1 Å². The van der Waals surface area contributed by atoms with Crippen molar-refractivity contribution < 1.29 is 9.53 Å². The van der Waals surface area contributed by atoms with Gasteiger partial charge in [0, 0.05) is 19.3 Å². The lowest BCUT2D eigenvalue weighted by Crippen LogP contribution is -2.47. The Morgan fingerprint density at radius 1 is 1.28 bits per heavy atom. The molecule has 1 amide bonds. The van der Waals surface area contributed by atoms with E-state index < -0.39 is 0 Å². The normalized spacial score (nSPS) is 25.6. The first kappa shape index (κ1) is 16.3. The number of methoxy groups -OCH3 is 1. The Bertz CT molecular complexity index is 719. The van der Waals surface area contributed by atoms with Crippen molar-refractivity contribution >= 4 is 5.91 Å². The minimum absolute atomic E-state index is 0.0392. The number of hydrogen-bond acceptors (Lipinski definition) is 3. The average molecular weight is 339 g/mol. The number of rotatable bonds is 4. The minimum atomic E-state index is -0.0767. The molecule has 1 fully saturated rings. The summed E-state index contributed by atoms with van der Waals surface area (Å²) < 4.78 is 7.67. The van der Waals surface area contributed by atoms with Crippen molar-refractivity contribution in [3.63, 3.8) is 0 Å². The highest BCUT2D eigenvalue weighted by Gasteiger charge is 2.33. The summed E-state index contributed by atoms with van der Waals surface area (Å²) in [6.07, 6.45) is 5.11. The molecule has 1 saturated carbocycles. The van der Waals surface area contributed by atoms with Gasteiger partial charge in [0.2, 0.25) is 0 Å². The monoisotopic (exact) mass is 339 g/mol. The largest absolute Gasteiger partial charge is 0.379 e. The molecule has 25 heavy (non-hydrogen) atoms. The van der Waals surface area contributed by atoms with Gasteiger partial charge in [-0.25, -0.2) is 0 Å². The number of benzene rings is 1. The summed E-state index contributed by atoms with van der Waals surface area (Å²) >= 11 is 0. The van der Waals surface area contributed by atoms with Crippen LogP contribution in [-0.4, -0.2) is 34.9 Å². The molecular weight excluding hydrogens is 314 g/mol. The van der Waals surface area contributed by atoms with Crippen molar-refractivity contribution in [2.24, 2.45) is 0 Å². The fourth-order valence-electron chi connectivity index (χ4n) is 4.20. The maximum atomic E-state index is 12.6. The number of fused-ring (bicyclic) bond motifs is 1. The predicted molar refractivity (Wildman–Crippen MR) is 95.6 cm³/mol. The number of carbonyl (C=O) groups is 1. The molecule has 3 atom stereocenters. The first-order chi connectivity index (χ1) is 12.2. The third-order valence-electron chi connectivity index (χ3n) is 5.58. The van der Waals surface area contributed by atoms with E-state index in [0.717, 1.165) is 38.6 Å². The van der Waals surface area contributed by atoms with Crippen LogP contribution in [0.3, 0.4) is 0 Å². The SMILES string of the molecule is CO[C@@H]1C[C@@H](c2ccccc2)CC[C@@H]1NC(=O)c1cc2n(n1)CCC2. The van der Waals surface area contributed by atoms with Crippen LogP contribution in [0.15, 0.2) is 36.4 Å². The molecule has 0 spiro atoms. The van der Waals surface area contributed by atoms with Crippen LogP contribution in [0.1, 0.15) is 53.3 Å². The Balaban J connectivity index is 1.41. The van der Waals surface area contributed by atoms with E-state index in [-0.39, 0.29) is 18.1 Å². The molecule has 2 heterocycles. The van der Waals surface area contributed by atoms with Gasteiger partial charge in [-0.05, 0) is 49.7 Å². The highest BCUT2D eigenvalue weighted by Crippen LogP contribution is 2.34. The third kappa shape index (κ3) is 3.33. The van der Waals surface area contributed by atoms with Crippen molar-refractivity contribution in [2.75, 3.05) is 7.11 Å². The van der Waals surface area contributed by atoms with E-state index in [2.05, 4.69) is 34.7 Å². The zero-order chi connectivity index (χ0) is 17.2. The summed E-state index contributed by atoms with van der Waals surface area (Å²) in [6.45, 7) is 0.922. The lowest BCUT2D eigenvalue weighted by atomic mass is 9.80. The molecule has 1 aliphatic carbocycles. The highest BCUT2D eigenvalue weighted by molar-refractivity contribution is 5.92. The molecule has 1 aromatic heterocycles. The molecule has 5 heteroatoms. The van der Waals surface area contributed by atoms with Gasteiger partial charge in [-0.15, -0.1) is 0 Å². The Labute approximate surface area is 148 Å². The number of nitrogens with zero attached hydrogens (tertiary/aromatic N) is 2.